The van der Waals surface area contributed by atoms with Crippen molar-refractivity contribution in [3.05, 3.63) is 45.8 Å². The summed E-state index contributed by atoms with van der Waals surface area (Å²) in [5.41, 5.74) is 0.271. The Hall–Kier alpha value is -2.56. The number of esters is 1. The molecule has 0 radical (unpaired) electrons. The van der Waals surface area contributed by atoms with Crippen LogP contribution in [0.5, 0.6) is 5.75 Å². The van der Waals surface area contributed by atoms with Crippen LogP contribution in [0.1, 0.15) is 29.8 Å². The van der Waals surface area contributed by atoms with Gasteiger partial charge in [0.1, 0.15) is 16.9 Å². The van der Waals surface area contributed by atoms with E-state index in [-0.39, 0.29) is 5.56 Å². The second-order valence-electron chi connectivity index (χ2n) is 5.40. The summed E-state index contributed by atoms with van der Waals surface area (Å²) in [5, 5.41) is 0.521. The van der Waals surface area contributed by atoms with Crippen LogP contribution in [0, 0.1) is 0 Å². The zero-order valence-corrected chi connectivity index (χ0v) is 11.9. The van der Waals surface area contributed by atoms with Gasteiger partial charge in [-0.25, -0.2) is 9.59 Å². The first-order chi connectivity index (χ1) is 9.89. The van der Waals surface area contributed by atoms with Gasteiger partial charge in [0, 0.05) is 23.1 Å². The average Bonchev–Trinajstić information content (AvgIpc) is 2.42. The minimum atomic E-state index is -0.603. The molecule has 0 saturated carbocycles. The third-order valence-corrected chi connectivity index (χ3v) is 3.32. The normalized spacial score (nSPS) is 15.4. The molecule has 5 heteroatoms. The van der Waals surface area contributed by atoms with E-state index in [0.29, 0.717) is 16.7 Å². The van der Waals surface area contributed by atoms with Crippen molar-refractivity contribution in [3.63, 3.8) is 0 Å². The summed E-state index contributed by atoms with van der Waals surface area (Å²) in [6.45, 7) is 3.86. The van der Waals surface area contributed by atoms with Gasteiger partial charge in [-0.3, -0.25) is 0 Å². The van der Waals surface area contributed by atoms with Crippen molar-refractivity contribution in [2.24, 2.45) is 0 Å². The third-order valence-electron chi connectivity index (χ3n) is 3.32. The summed E-state index contributed by atoms with van der Waals surface area (Å²) in [6.07, 6.45) is 3.85. The molecule has 1 aromatic heterocycles. The molecule has 2 heterocycles. The molecule has 0 spiro atoms. The SMILES string of the molecule is COC(=O)c1cc(=O)oc2cc3c(cc12)C=CC(C)(C)O3. The van der Waals surface area contributed by atoms with Gasteiger partial charge >= 0.3 is 11.6 Å². The van der Waals surface area contributed by atoms with Gasteiger partial charge < -0.3 is 13.9 Å². The first-order valence-corrected chi connectivity index (χ1v) is 6.48. The van der Waals surface area contributed by atoms with E-state index >= 15 is 0 Å². The molecule has 5 nitrogen and oxygen atoms in total. The molecule has 2 aromatic rings. The van der Waals surface area contributed by atoms with Crippen LogP contribution in [0.15, 0.2) is 33.5 Å². The number of methoxy groups -OCH3 is 1. The highest BCUT2D eigenvalue weighted by molar-refractivity contribution is 6.03. The molecule has 3 rings (SSSR count). The first-order valence-electron chi connectivity index (χ1n) is 6.48. The molecule has 108 valence electrons. The molecule has 1 aliphatic heterocycles. The van der Waals surface area contributed by atoms with E-state index in [1.165, 1.54) is 7.11 Å². The van der Waals surface area contributed by atoms with Crippen molar-refractivity contribution in [2.75, 3.05) is 7.11 Å². The minimum absolute atomic E-state index is 0.185. The molecule has 1 aliphatic rings. The molecule has 0 atom stereocenters. The molecule has 0 unspecified atom stereocenters. The van der Waals surface area contributed by atoms with E-state index in [9.17, 15) is 9.59 Å². The lowest BCUT2D eigenvalue weighted by Gasteiger charge is -2.27. The number of benzene rings is 1. The summed E-state index contributed by atoms with van der Waals surface area (Å²) in [7, 11) is 1.27. The lowest BCUT2D eigenvalue weighted by Crippen LogP contribution is -2.27. The number of ether oxygens (including phenoxy) is 2. The largest absolute Gasteiger partial charge is 0.483 e. The number of carbonyl (C=O) groups is 1. The van der Waals surface area contributed by atoms with Crippen molar-refractivity contribution in [3.8, 4) is 5.75 Å². The van der Waals surface area contributed by atoms with Gasteiger partial charge in [0.2, 0.25) is 0 Å². The van der Waals surface area contributed by atoms with E-state index in [4.69, 9.17) is 13.9 Å². The van der Waals surface area contributed by atoms with Crippen LogP contribution in [0.4, 0.5) is 0 Å². The molecule has 0 fully saturated rings. The zero-order chi connectivity index (χ0) is 15.2. The second-order valence-corrected chi connectivity index (χ2v) is 5.40. The topological polar surface area (TPSA) is 65.7 Å². The number of fused-ring (bicyclic) bond motifs is 2. The maximum absolute atomic E-state index is 11.8. The monoisotopic (exact) mass is 286 g/mol. The van der Waals surface area contributed by atoms with Gasteiger partial charge in [-0.05, 0) is 26.0 Å². The summed E-state index contributed by atoms with van der Waals surface area (Å²) < 4.78 is 15.7. The molecule has 1 aromatic carbocycles. The van der Waals surface area contributed by atoms with E-state index in [2.05, 4.69) is 0 Å². The lowest BCUT2D eigenvalue weighted by molar-refractivity contribution is 0.0602. The van der Waals surface area contributed by atoms with Crippen molar-refractivity contribution >= 4 is 23.0 Å². The molecule has 0 amide bonds. The average molecular weight is 286 g/mol. The Morgan fingerprint density at radius 3 is 2.71 bits per heavy atom. The van der Waals surface area contributed by atoms with E-state index < -0.39 is 17.2 Å². The van der Waals surface area contributed by atoms with Crippen LogP contribution < -0.4 is 10.4 Å². The van der Waals surface area contributed by atoms with Gasteiger partial charge in [0.25, 0.3) is 0 Å². The van der Waals surface area contributed by atoms with Crippen LogP contribution in [-0.2, 0) is 4.74 Å². The van der Waals surface area contributed by atoms with Gasteiger partial charge in [-0.2, -0.15) is 0 Å². The van der Waals surface area contributed by atoms with Crippen molar-refractivity contribution in [2.45, 2.75) is 19.4 Å². The molecule has 0 bridgehead atoms. The van der Waals surface area contributed by atoms with Gasteiger partial charge in [0.15, 0.2) is 0 Å². The molecule has 0 N–H and O–H groups in total. The quantitative estimate of drug-likeness (QED) is 0.595. The zero-order valence-electron chi connectivity index (χ0n) is 11.9. The standard InChI is InChI=1S/C16H14O5/c1-16(2)5-4-9-6-10-11(15(18)19-3)7-14(17)20-13(10)8-12(9)21-16/h4-8H,1-3H3. The van der Waals surface area contributed by atoms with E-state index in [0.717, 1.165) is 11.6 Å². The minimum Gasteiger partial charge on any atom is -0.483 e. The molecular weight excluding hydrogens is 272 g/mol. The van der Waals surface area contributed by atoms with E-state index in [1.54, 1.807) is 12.1 Å². The maximum atomic E-state index is 11.8. The van der Waals surface area contributed by atoms with Crippen LogP contribution in [0.25, 0.3) is 17.0 Å². The molecule has 0 aliphatic carbocycles. The Kier molecular flexibility index (Phi) is 2.86. The van der Waals surface area contributed by atoms with Crippen molar-refractivity contribution < 1.29 is 18.7 Å². The Morgan fingerprint density at radius 1 is 1.24 bits per heavy atom. The first kappa shape index (κ1) is 13.4. The Bertz CT molecular complexity index is 826. The fourth-order valence-electron chi connectivity index (χ4n) is 2.31. The predicted octanol–water partition coefficient (Wildman–Crippen LogP) is 2.76. The fourth-order valence-corrected chi connectivity index (χ4v) is 2.31. The summed E-state index contributed by atoms with van der Waals surface area (Å²) in [6, 6.07) is 4.52. The van der Waals surface area contributed by atoms with Gasteiger partial charge in [0.05, 0.1) is 12.7 Å². The number of hydrogen-bond acceptors (Lipinski definition) is 5. The molecule has 21 heavy (non-hydrogen) atoms. The van der Waals surface area contributed by atoms with Gasteiger partial charge in [-0.1, -0.05) is 6.08 Å². The Morgan fingerprint density at radius 2 is 2.00 bits per heavy atom. The number of rotatable bonds is 1. The Balaban J connectivity index is 2.30. The van der Waals surface area contributed by atoms with Crippen LogP contribution in [0.3, 0.4) is 0 Å². The third kappa shape index (κ3) is 2.31. The fraction of sp³-hybridized carbons (Fsp3) is 0.250. The molecular formula is C16H14O5. The van der Waals surface area contributed by atoms with E-state index in [1.807, 2.05) is 26.0 Å². The lowest BCUT2D eigenvalue weighted by atomic mass is 10.00. The van der Waals surface area contributed by atoms with Crippen LogP contribution in [0.2, 0.25) is 0 Å². The maximum Gasteiger partial charge on any atom is 0.338 e. The summed E-state index contributed by atoms with van der Waals surface area (Å²) in [4.78, 5) is 23.4. The number of hydrogen-bond donors (Lipinski definition) is 0. The predicted molar refractivity (Wildman–Crippen MR) is 77.6 cm³/mol. The van der Waals surface area contributed by atoms with Crippen molar-refractivity contribution in [1.29, 1.82) is 0 Å². The Labute approximate surface area is 120 Å². The summed E-state index contributed by atoms with van der Waals surface area (Å²) >= 11 is 0. The van der Waals surface area contributed by atoms with Gasteiger partial charge in [-0.15, -0.1) is 0 Å². The highest BCUT2D eigenvalue weighted by atomic mass is 16.5. The number of carbonyl (C=O) groups excluding carboxylic acids is 1. The van der Waals surface area contributed by atoms with Crippen LogP contribution >= 0.6 is 0 Å². The highest BCUT2D eigenvalue weighted by Crippen LogP contribution is 2.34. The molecule has 0 saturated heterocycles. The highest BCUT2D eigenvalue weighted by Gasteiger charge is 2.23. The smallest absolute Gasteiger partial charge is 0.338 e. The van der Waals surface area contributed by atoms with Crippen molar-refractivity contribution in [1.82, 2.24) is 0 Å². The second kappa shape index (κ2) is 4.48. The summed E-state index contributed by atoms with van der Waals surface area (Å²) in [5.74, 6) is 0.0362. The van der Waals surface area contributed by atoms with Crippen LogP contribution in [-0.4, -0.2) is 18.7 Å².